The maximum atomic E-state index is 15.3. The van der Waals surface area contributed by atoms with Crippen LogP contribution in [0.1, 0.15) is 53.0 Å². The van der Waals surface area contributed by atoms with E-state index in [-0.39, 0.29) is 22.6 Å². The fourth-order valence-electron chi connectivity index (χ4n) is 4.04. The quantitative estimate of drug-likeness (QED) is 0.147. The van der Waals surface area contributed by atoms with E-state index < -0.39 is 23.0 Å². The Kier molecular flexibility index (Phi) is 8.20. The number of rotatable bonds is 7. The van der Waals surface area contributed by atoms with E-state index in [2.05, 4.69) is 14.7 Å². The number of fused-ring (bicyclic) bond motifs is 1. The van der Waals surface area contributed by atoms with Crippen LogP contribution in [0.4, 0.5) is 14.5 Å². The highest BCUT2D eigenvalue weighted by Crippen LogP contribution is 2.32. The topological polar surface area (TPSA) is 98.3 Å². The third-order valence-corrected chi connectivity index (χ3v) is 6.87. The maximum absolute atomic E-state index is 15.3. The Hall–Kier alpha value is -3.76. The molecule has 5 rings (SSSR count). The minimum Gasteiger partial charge on any atom is -0.507 e. The molecule has 0 aliphatic carbocycles. The SMILES string of the molecule is CC.O=Cc1ccc(-c2cnc3[nH]cc(C(=O)c4c(F)ccc(NSN5CCCC5)c4F)c3c2)cc1O. The molecule has 37 heavy (non-hydrogen) atoms. The second-order valence-electron chi connectivity index (χ2n) is 8.16. The number of halogens is 2. The third-order valence-electron chi connectivity index (χ3n) is 5.93. The van der Waals surface area contributed by atoms with E-state index in [1.54, 1.807) is 12.1 Å². The van der Waals surface area contributed by atoms with Crippen molar-refractivity contribution in [3.63, 3.8) is 0 Å². The molecule has 7 nitrogen and oxygen atoms in total. The van der Waals surface area contributed by atoms with Crippen LogP contribution in [0.5, 0.6) is 5.75 Å². The van der Waals surface area contributed by atoms with Crippen molar-refractivity contribution < 1.29 is 23.5 Å². The van der Waals surface area contributed by atoms with E-state index in [4.69, 9.17) is 0 Å². The van der Waals surface area contributed by atoms with E-state index in [0.29, 0.717) is 28.4 Å². The average molecular weight is 525 g/mol. The summed E-state index contributed by atoms with van der Waals surface area (Å²) < 4.78 is 34.9. The highest BCUT2D eigenvalue weighted by atomic mass is 32.2. The third kappa shape index (κ3) is 5.35. The van der Waals surface area contributed by atoms with Crippen molar-refractivity contribution in [1.29, 1.82) is 0 Å². The number of phenols is 1. The zero-order valence-electron chi connectivity index (χ0n) is 20.3. The first-order valence-electron chi connectivity index (χ1n) is 11.9. The van der Waals surface area contributed by atoms with Gasteiger partial charge in [0.1, 0.15) is 17.2 Å². The van der Waals surface area contributed by atoms with Crippen molar-refractivity contribution in [2.45, 2.75) is 26.7 Å². The summed E-state index contributed by atoms with van der Waals surface area (Å²) in [6.45, 7) is 5.74. The molecule has 10 heteroatoms. The van der Waals surface area contributed by atoms with Crippen molar-refractivity contribution in [3.05, 3.63) is 77.1 Å². The van der Waals surface area contributed by atoms with Gasteiger partial charge in [0.15, 0.2) is 12.1 Å². The van der Waals surface area contributed by atoms with Crippen molar-refractivity contribution >= 4 is 40.9 Å². The fraction of sp³-hybridized carbons (Fsp3) is 0.222. The first-order valence-corrected chi connectivity index (χ1v) is 12.7. The lowest BCUT2D eigenvalue weighted by Gasteiger charge is -2.15. The molecule has 3 heterocycles. The molecule has 1 aliphatic heterocycles. The van der Waals surface area contributed by atoms with Gasteiger partial charge < -0.3 is 14.8 Å². The normalized spacial score (nSPS) is 13.3. The van der Waals surface area contributed by atoms with Crippen LogP contribution in [0.25, 0.3) is 22.2 Å². The highest BCUT2D eigenvalue weighted by molar-refractivity contribution is 7.98. The molecule has 0 radical (unpaired) electrons. The van der Waals surface area contributed by atoms with E-state index in [1.165, 1.54) is 42.7 Å². The monoisotopic (exact) mass is 524 g/mol. The molecule has 192 valence electrons. The number of pyridine rings is 1. The number of aromatic amines is 1. The number of benzene rings is 2. The zero-order valence-corrected chi connectivity index (χ0v) is 21.2. The number of phenolic OH excluding ortho intramolecular Hbond substituents is 1. The van der Waals surface area contributed by atoms with Gasteiger partial charge in [0.05, 0.1) is 16.8 Å². The van der Waals surface area contributed by atoms with Crippen molar-refractivity contribution in [2.24, 2.45) is 0 Å². The number of ketones is 1. The molecular formula is C27H26F2N4O3S. The number of aldehydes is 1. The lowest BCUT2D eigenvalue weighted by molar-refractivity contribution is 0.103. The molecule has 0 bridgehead atoms. The molecule has 1 fully saturated rings. The van der Waals surface area contributed by atoms with E-state index >= 15 is 4.39 Å². The predicted molar refractivity (Wildman–Crippen MR) is 142 cm³/mol. The Labute approximate surface area is 217 Å². The summed E-state index contributed by atoms with van der Waals surface area (Å²) in [5.41, 5.74) is 1.05. The molecule has 0 unspecified atom stereocenters. The van der Waals surface area contributed by atoms with Gasteiger partial charge in [-0.3, -0.25) is 9.59 Å². The largest absolute Gasteiger partial charge is 0.507 e. The number of H-pyrrole nitrogens is 1. The molecule has 1 aliphatic rings. The highest BCUT2D eigenvalue weighted by Gasteiger charge is 2.25. The minimum atomic E-state index is -0.963. The second-order valence-corrected chi connectivity index (χ2v) is 9.06. The molecule has 0 spiro atoms. The van der Waals surface area contributed by atoms with Gasteiger partial charge in [0.2, 0.25) is 5.78 Å². The number of carbonyl (C=O) groups excluding carboxylic acids is 2. The number of anilines is 1. The predicted octanol–water partition coefficient (Wildman–Crippen LogP) is 6.35. The van der Waals surface area contributed by atoms with Gasteiger partial charge >= 0.3 is 0 Å². The van der Waals surface area contributed by atoms with Crippen LogP contribution in [0.3, 0.4) is 0 Å². The lowest BCUT2D eigenvalue weighted by Crippen LogP contribution is -2.14. The molecule has 0 saturated carbocycles. The number of nitrogens with zero attached hydrogens (tertiary/aromatic N) is 2. The van der Waals surface area contributed by atoms with Gasteiger partial charge in [0.25, 0.3) is 0 Å². The number of nitrogens with one attached hydrogen (secondary N) is 2. The standard InChI is InChI=1S/C25H20F2N4O3S.C2H6/c26-19-5-6-20(30-35-31-7-1-2-8-31)23(27)22(19)24(34)18-12-29-25-17(18)9-16(11-28-25)14-3-4-15(13-32)21(33)10-14;1-2/h3-6,9-13,30,33H,1-2,7-8H2,(H,28,29);1-2H3. The smallest absolute Gasteiger partial charge is 0.201 e. The van der Waals surface area contributed by atoms with Crippen LogP contribution in [0.15, 0.2) is 48.8 Å². The van der Waals surface area contributed by atoms with E-state index in [9.17, 15) is 19.1 Å². The summed E-state index contributed by atoms with van der Waals surface area (Å²) in [6.07, 6.45) is 5.56. The first-order chi connectivity index (χ1) is 18.0. The van der Waals surface area contributed by atoms with Gasteiger partial charge in [0, 0.05) is 54.1 Å². The zero-order chi connectivity index (χ0) is 26.5. The van der Waals surface area contributed by atoms with Crippen LogP contribution in [0, 0.1) is 11.6 Å². The van der Waals surface area contributed by atoms with Crippen molar-refractivity contribution in [1.82, 2.24) is 14.3 Å². The number of hydrogen-bond donors (Lipinski definition) is 3. The Morgan fingerprint density at radius 3 is 2.59 bits per heavy atom. The van der Waals surface area contributed by atoms with Gasteiger partial charge in [-0.2, -0.15) is 0 Å². The van der Waals surface area contributed by atoms with Crippen molar-refractivity contribution in [2.75, 3.05) is 17.8 Å². The number of carbonyl (C=O) groups is 2. The minimum absolute atomic E-state index is 0.0241. The summed E-state index contributed by atoms with van der Waals surface area (Å²) in [5, 5.41) is 10.4. The van der Waals surface area contributed by atoms with Crippen LogP contribution in [0.2, 0.25) is 0 Å². The summed E-state index contributed by atoms with van der Waals surface area (Å²) in [4.78, 5) is 31.4. The van der Waals surface area contributed by atoms with Crippen molar-refractivity contribution in [3.8, 4) is 16.9 Å². The summed E-state index contributed by atoms with van der Waals surface area (Å²) in [7, 11) is 0. The lowest BCUT2D eigenvalue weighted by atomic mass is 9.99. The molecule has 0 atom stereocenters. The molecule has 3 N–H and O–H groups in total. The Morgan fingerprint density at radius 1 is 1.14 bits per heavy atom. The van der Waals surface area contributed by atoms with Gasteiger partial charge in [-0.25, -0.2) is 18.1 Å². The first kappa shape index (κ1) is 26.3. The van der Waals surface area contributed by atoms with Gasteiger partial charge in [-0.15, -0.1) is 0 Å². The number of aromatic nitrogens is 2. The number of hydrogen-bond acceptors (Lipinski definition) is 7. The molecule has 1 saturated heterocycles. The molecule has 2 aromatic carbocycles. The Bertz CT molecular complexity index is 1450. The van der Waals surface area contributed by atoms with Crippen LogP contribution < -0.4 is 4.72 Å². The van der Waals surface area contributed by atoms with Crippen LogP contribution in [-0.4, -0.2) is 44.5 Å². The fourth-order valence-corrected chi connectivity index (χ4v) is 4.87. The van der Waals surface area contributed by atoms with Crippen LogP contribution >= 0.6 is 12.1 Å². The van der Waals surface area contributed by atoms with E-state index in [1.807, 2.05) is 18.2 Å². The van der Waals surface area contributed by atoms with Gasteiger partial charge in [-0.05, 0) is 48.7 Å². The van der Waals surface area contributed by atoms with E-state index in [0.717, 1.165) is 32.0 Å². The average Bonchev–Trinajstić information content (AvgIpc) is 3.59. The Balaban J connectivity index is 0.00000156. The second kappa shape index (κ2) is 11.5. The van der Waals surface area contributed by atoms with Crippen LogP contribution in [-0.2, 0) is 0 Å². The number of aromatic hydroxyl groups is 1. The molecule has 0 amide bonds. The molecular weight excluding hydrogens is 498 g/mol. The summed E-state index contributed by atoms with van der Waals surface area (Å²) >= 11 is 1.23. The maximum Gasteiger partial charge on any atom is 0.201 e. The Morgan fingerprint density at radius 2 is 1.89 bits per heavy atom. The molecule has 4 aromatic rings. The summed E-state index contributed by atoms with van der Waals surface area (Å²) in [6, 6.07) is 8.49. The van der Waals surface area contributed by atoms with Gasteiger partial charge in [-0.1, -0.05) is 19.9 Å². The molecule has 2 aromatic heterocycles. The summed E-state index contributed by atoms with van der Waals surface area (Å²) in [5.74, 6) is -2.94.